The molecule has 2 atom stereocenters. The number of rotatable bonds is 10. The molecule has 0 radical (unpaired) electrons. The SMILES string of the molecule is O=C(N[C@H](Cc1ccccc1)C(=O)N[C@@H](CC1CC1)C(=O)O)OCc1ccccc1. The van der Waals surface area contributed by atoms with Gasteiger partial charge in [0.1, 0.15) is 18.7 Å². The Morgan fingerprint density at radius 2 is 1.50 bits per heavy atom. The van der Waals surface area contributed by atoms with Crippen LogP contribution >= 0.6 is 0 Å². The van der Waals surface area contributed by atoms with Gasteiger partial charge in [-0.25, -0.2) is 9.59 Å². The zero-order chi connectivity index (χ0) is 21.3. The van der Waals surface area contributed by atoms with Gasteiger partial charge in [-0.15, -0.1) is 0 Å². The predicted octanol–water partition coefficient (Wildman–Crippen LogP) is 2.89. The summed E-state index contributed by atoms with van der Waals surface area (Å²) in [5, 5.41) is 14.6. The van der Waals surface area contributed by atoms with Gasteiger partial charge < -0.3 is 20.5 Å². The molecule has 1 saturated carbocycles. The first-order valence-corrected chi connectivity index (χ1v) is 10.1. The lowest BCUT2D eigenvalue weighted by atomic mass is 10.0. The highest BCUT2D eigenvalue weighted by Gasteiger charge is 2.32. The van der Waals surface area contributed by atoms with E-state index < -0.39 is 30.1 Å². The van der Waals surface area contributed by atoms with Crippen LogP contribution in [0.5, 0.6) is 0 Å². The number of carbonyl (C=O) groups is 3. The molecule has 158 valence electrons. The second kappa shape index (κ2) is 10.4. The largest absolute Gasteiger partial charge is 0.480 e. The maximum Gasteiger partial charge on any atom is 0.408 e. The van der Waals surface area contributed by atoms with Crippen molar-refractivity contribution in [2.45, 2.75) is 44.4 Å². The van der Waals surface area contributed by atoms with Crippen molar-refractivity contribution in [1.29, 1.82) is 0 Å². The Morgan fingerprint density at radius 3 is 2.07 bits per heavy atom. The lowest BCUT2D eigenvalue weighted by molar-refractivity contribution is -0.142. The summed E-state index contributed by atoms with van der Waals surface area (Å²) in [6, 6.07) is 16.5. The maximum absolute atomic E-state index is 12.8. The van der Waals surface area contributed by atoms with Crippen molar-refractivity contribution >= 4 is 18.0 Å². The molecule has 0 bridgehead atoms. The topological polar surface area (TPSA) is 105 Å². The molecule has 30 heavy (non-hydrogen) atoms. The number of nitrogens with one attached hydrogen (secondary N) is 2. The Kier molecular flexibility index (Phi) is 7.43. The lowest BCUT2D eigenvalue weighted by Gasteiger charge is -2.21. The summed E-state index contributed by atoms with van der Waals surface area (Å²) in [4.78, 5) is 36.7. The van der Waals surface area contributed by atoms with Crippen LogP contribution in [0.3, 0.4) is 0 Å². The van der Waals surface area contributed by atoms with Crippen molar-refractivity contribution in [3.63, 3.8) is 0 Å². The second-order valence-electron chi connectivity index (χ2n) is 7.53. The van der Waals surface area contributed by atoms with Crippen LogP contribution in [0.4, 0.5) is 4.79 Å². The molecular weight excluding hydrogens is 384 g/mol. The summed E-state index contributed by atoms with van der Waals surface area (Å²) < 4.78 is 5.23. The number of benzene rings is 2. The molecule has 2 aromatic rings. The van der Waals surface area contributed by atoms with Crippen LogP contribution < -0.4 is 10.6 Å². The molecule has 3 N–H and O–H groups in total. The van der Waals surface area contributed by atoms with Crippen LogP contribution in [0.1, 0.15) is 30.4 Å². The number of ether oxygens (including phenoxy) is 1. The Balaban J connectivity index is 1.63. The summed E-state index contributed by atoms with van der Waals surface area (Å²) in [5.41, 5.74) is 1.67. The first-order chi connectivity index (χ1) is 14.5. The number of carboxylic acids is 1. The van der Waals surface area contributed by atoms with E-state index in [2.05, 4.69) is 10.6 Å². The molecule has 0 saturated heterocycles. The minimum absolute atomic E-state index is 0.0752. The Hall–Kier alpha value is -3.35. The molecule has 0 unspecified atom stereocenters. The standard InChI is InChI=1S/C23H26N2O5/c26-21(24-20(22(27)28)14-17-11-12-17)19(13-16-7-3-1-4-8-16)25-23(29)30-15-18-9-5-2-6-10-18/h1-10,17,19-20H,11-15H2,(H,24,26)(H,25,29)(H,27,28)/t19-,20+/m1/s1. The molecule has 0 spiro atoms. The van der Waals surface area contributed by atoms with Crippen molar-refractivity contribution in [3.8, 4) is 0 Å². The van der Waals surface area contributed by atoms with Gasteiger partial charge in [-0.3, -0.25) is 4.79 Å². The van der Waals surface area contributed by atoms with Gasteiger partial charge in [-0.05, 0) is 23.5 Å². The van der Waals surface area contributed by atoms with Gasteiger partial charge in [0, 0.05) is 6.42 Å². The Morgan fingerprint density at radius 1 is 0.900 bits per heavy atom. The van der Waals surface area contributed by atoms with Gasteiger partial charge in [-0.2, -0.15) is 0 Å². The van der Waals surface area contributed by atoms with Crippen LogP contribution in [0.25, 0.3) is 0 Å². The molecule has 7 nitrogen and oxygen atoms in total. The second-order valence-corrected chi connectivity index (χ2v) is 7.53. The first kappa shape index (κ1) is 21.4. The molecule has 7 heteroatoms. The fourth-order valence-corrected chi connectivity index (χ4v) is 3.15. The normalized spacial score (nSPS) is 14.9. The van der Waals surface area contributed by atoms with Gasteiger partial charge in [0.25, 0.3) is 0 Å². The quantitative estimate of drug-likeness (QED) is 0.559. The first-order valence-electron chi connectivity index (χ1n) is 10.1. The smallest absolute Gasteiger partial charge is 0.408 e. The highest BCUT2D eigenvalue weighted by Crippen LogP contribution is 2.33. The van der Waals surface area contributed by atoms with E-state index in [1.807, 2.05) is 60.7 Å². The number of carboxylic acid groups (broad SMARTS) is 1. The molecule has 2 amide bonds. The third-order valence-corrected chi connectivity index (χ3v) is 4.98. The number of aliphatic carboxylic acids is 1. The number of amides is 2. The molecule has 1 fully saturated rings. The highest BCUT2D eigenvalue weighted by atomic mass is 16.5. The summed E-state index contributed by atoms with van der Waals surface area (Å²) in [5.74, 6) is -1.27. The third-order valence-electron chi connectivity index (χ3n) is 4.98. The zero-order valence-electron chi connectivity index (χ0n) is 16.6. The number of hydrogen-bond acceptors (Lipinski definition) is 4. The summed E-state index contributed by atoms with van der Waals surface area (Å²) in [6.45, 7) is 0.0752. The van der Waals surface area contributed by atoms with Gasteiger partial charge in [0.2, 0.25) is 5.91 Å². The van der Waals surface area contributed by atoms with Crippen LogP contribution in [0, 0.1) is 5.92 Å². The maximum atomic E-state index is 12.8. The molecule has 0 aliphatic heterocycles. The van der Waals surface area contributed by atoms with E-state index in [1.165, 1.54) is 0 Å². The van der Waals surface area contributed by atoms with Crippen LogP contribution in [-0.2, 0) is 27.4 Å². The van der Waals surface area contributed by atoms with E-state index >= 15 is 0 Å². The minimum Gasteiger partial charge on any atom is -0.480 e. The van der Waals surface area contributed by atoms with Crippen LogP contribution in [-0.4, -0.2) is 35.2 Å². The molecule has 3 rings (SSSR count). The van der Waals surface area contributed by atoms with E-state index in [0.717, 1.165) is 24.0 Å². The number of alkyl carbamates (subject to hydrolysis) is 1. The summed E-state index contributed by atoms with van der Waals surface area (Å²) in [7, 11) is 0. The van der Waals surface area contributed by atoms with Crippen molar-refractivity contribution in [1.82, 2.24) is 10.6 Å². The average Bonchev–Trinajstić information content (AvgIpc) is 3.57. The lowest BCUT2D eigenvalue weighted by Crippen LogP contribution is -2.52. The highest BCUT2D eigenvalue weighted by molar-refractivity contribution is 5.89. The van der Waals surface area contributed by atoms with Crippen molar-refractivity contribution < 1.29 is 24.2 Å². The van der Waals surface area contributed by atoms with E-state index in [9.17, 15) is 19.5 Å². The fraction of sp³-hybridized carbons (Fsp3) is 0.348. The molecule has 0 aromatic heterocycles. The summed E-state index contributed by atoms with van der Waals surface area (Å²) >= 11 is 0. The number of hydrogen-bond donors (Lipinski definition) is 3. The minimum atomic E-state index is -1.07. The van der Waals surface area contributed by atoms with Crippen molar-refractivity contribution in [3.05, 3.63) is 71.8 Å². The molecule has 1 aliphatic carbocycles. The van der Waals surface area contributed by atoms with Crippen LogP contribution in [0.2, 0.25) is 0 Å². The van der Waals surface area contributed by atoms with Gasteiger partial charge in [-0.1, -0.05) is 73.5 Å². The molecule has 2 aromatic carbocycles. The van der Waals surface area contributed by atoms with E-state index in [0.29, 0.717) is 12.3 Å². The van der Waals surface area contributed by atoms with Gasteiger partial charge >= 0.3 is 12.1 Å². The average molecular weight is 410 g/mol. The van der Waals surface area contributed by atoms with Gasteiger partial charge in [0.05, 0.1) is 0 Å². The zero-order valence-corrected chi connectivity index (χ0v) is 16.6. The van der Waals surface area contributed by atoms with E-state index in [4.69, 9.17) is 4.74 Å². The van der Waals surface area contributed by atoms with Crippen molar-refractivity contribution in [2.24, 2.45) is 5.92 Å². The molecule has 0 heterocycles. The monoisotopic (exact) mass is 410 g/mol. The third kappa shape index (κ3) is 6.92. The van der Waals surface area contributed by atoms with E-state index in [-0.39, 0.29) is 13.0 Å². The Labute approximate surface area is 175 Å². The summed E-state index contributed by atoms with van der Waals surface area (Å²) in [6.07, 6.45) is 1.86. The van der Waals surface area contributed by atoms with Crippen molar-refractivity contribution in [2.75, 3.05) is 0 Å². The molecular formula is C23H26N2O5. The van der Waals surface area contributed by atoms with E-state index in [1.54, 1.807) is 0 Å². The van der Waals surface area contributed by atoms with Crippen LogP contribution in [0.15, 0.2) is 60.7 Å². The molecule has 1 aliphatic rings. The van der Waals surface area contributed by atoms with Gasteiger partial charge in [0.15, 0.2) is 0 Å². The predicted molar refractivity (Wildman–Crippen MR) is 111 cm³/mol. The Bertz CT molecular complexity index is 852. The number of carbonyl (C=O) groups excluding carboxylic acids is 2. The fourth-order valence-electron chi connectivity index (χ4n) is 3.15.